The van der Waals surface area contributed by atoms with Gasteiger partial charge in [-0.15, -0.1) is 0 Å². The Labute approximate surface area is 185 Å². The second kappa shape index (κ2) is 9.94. The predicted molar refractivity (Wildman–Crippen MR) is 118 cm³/mol. The Morgan fingerprint density at radius 2 is 1.88 bits per heavy atom. The van der Waals surface area contributed by atoms with Crippen molar-refractivity contribution >= 4 is 27.1 Å². The number of nitro benzene ring substituents is 1. The first-order chi connectivity index (χ1) is 15.3. The van der Waals surface area contributed by atoms with Crippen molar-refractivity contribution in [1.82, 2.24) is 4.31 Å². The van der Waals surface area contributed by atoms with Gasteiger partial charge in [0.25, 0.3) is 5.69 Å². The SMILES string of the molecule is COc1ccc(/C(C)=N/Nc2ccc([N+](=O)[O-])cc2S(=O)(=O)N2CCOCC2)c(OC)c1. The monoisotopic (exact) mass is 464 g/mol. The quantitative estimate of drug-likeness (QED) is 0.358. The summed E-state index contributed by atoms with van der Waals surface area (Å²) in [6.45, 7) is 2.56. The largest absolute Gasteiger partial charge is 0.497 e. The Morgan fingerprint density at radius 3 is 2.50 bits per heavy atom. The highest BCUT2D eigenvalue weighted by Crippen LogP contribution is 2.30. The van der Waals surface area contributed by atoms with E-state index in [-0.39, 0.29) is 42.6 Å². The Balaban J connectivity index is 1.98. The van der Waals surface area contributed by atoms with Gasteiger partial charge in [0.15, 0.2) is 0 Å². The predicted octanol–water partition coefficient (Wildman–Crippen LogP) is 2.47. The molecule has 1 heterocycles. The van der Waals surface area contributed by atoms with Crippen molar-refractivity contribution in [3.8, 4) is 11.5 Å². The highest BCUT2D eigenvalue weighted by molar-refractivity contribution is 7.89. The molecule has 0 aromatic heterocycles. The molecule has 0 saturated carbocycles. The van der Waals surface area contributed by atoms with Crippen LogP contribution in [0.25, 0.3) is 0 Å². The topological polar surface area (TPSA) is 133 Å². The van der Waals surface area contributed by atoms with Gasteiger partial charge < -0.3 is 14.2 Å². The maximum Gasteiger partial charge on any atom is 0.270 e. The van der Waals surface area contributed by atoms with E-state index in [1.807, 2.05) is 0 Å². The number of hydrogen-bond donors (Lipinski definition) is 1. The van der Waals surface area contributed by atoms with Crippen LogP contribution in [0.2, 0.25) is 0 Å². The van der Waals surface area contributed by atoms with Crippen LogP contribution in [-0.4, -0.2) is 63.9 Å². The molecule has 0 bridgehead atoms. The van der Waals surface area contributed by atoms with Gasteiger partial charge in [0.1, 0.15) is 16.4 Å². The minimum absolute atomic E-state index is 0.119. The summed E-state index contributed by atoms with van der Waals surface area (Å²) in [6.07, 6.45) is 0. The molecule has 0 amide bonds. The molecule has 3 rings (SSSR count). The highest BCUT2D eigenvalue weighted by atomic mass is 32.2. The lowest BCUT2D eigenvalue weighted by molar-refractivity contribution is -0.385. The third kappa shape index (κ3) is 4.98. The van der Waals surface area contributed by atoms with Gasteiger partial charge in [-0.2, -0.15) is 9.41 Å². The van der Waals surface area contributed by atoms with Crippen LogP contribution in [0.15, 0.2) is 46.4 Å². The van der Waals surface area contributed by atoms with Gasteiger partial charge in [-0.1, -0.05) is 0 Å². The van der Waals surface area contributed by atoms with Crippen LogP contribution in [-0.2, 0) is 14.8 Å². The first-order valence-corrected chi connectivity index (χ1v) is 11.1. The summed E-state index contributed by atoms with van der Waals surface area (Å²) < 4.78 is 43.4. The number of nitrogens with zero attached hydrogens (tertiary/aromatic N) is 3. The van der Waals surface area contributed by atoms with Crippen molar-refractivity contribution in [2.24, 2.45) is 5.10 Å². The number of rotatable bonds is 8. The van der Waals surface area contributed by atoms with Gasteiger partial charge in [-0.05, 0) is 25.1 Å². The number of hydrogen-bond acceptors (Lipinski definition) is 9. The van der Waals surface area contributed by atoms with Crippen molar-refractivity contribution in [3.05, 3.63) is 52.1 Å². The van der Waals surface area contributed by atoms with Crippen LogP contribution in [0.3, 0.4) is 0 Å². The number of anilines is 1. The van der Waals surface area contributed by atoms with E-state index in [1.54, 1.807) is 32.2 Å². The molecule has 32 heavy (non-hydrogen) atoms. The van der Waals surface area contributed by atoms with Gasteiger partial charge in [0, 0.05) is 36.9 Å². The standard InChI is InChI=1S/C20H24N4O7S/c1-14(17-6-5-16(29-2)13-19(17)30-3)21-22-18-7-4-15(24(25)26)12-20(18)32(27,28)23-8-10-31-11-9-23/h4-7,12-13,22H,8-11H2,1-3H3/b21-14+. The lowest BCUT2D eigenvalue weighted by Crippen LogP contribution is -2.40. The van der Waals surface area contributed by atoms with Gasteiger partial charge in [0.05, 0.1) is 43.8 Å². The average Bonchev–Trinajstić information content (AvgIpc) is 2.82. The third-order valence-electron chi connectivity index (χ3n) is 4.91. The first kappa shape index (κ1) is 23.4. The second-order valence-corrected chi connectivity index (χ2v) is 8.74. The van der Waals surface area contributed by atoms with E-state index in [4.69, 9.17) is 14.2 Å². The van der Waals surface area contributed by atoms with Crippen LogP contribution in [0.5, 0.6) is 11.5 Å². The summed E-state index contributed by atoms with van der Waals surface area (Å²) in [5, 5.41) is 15.5. The van der Waals surface area contributed by atoms with E-state index >= 15 is 0 Å². The van der Waals surface area contributed by atoms with Gasteiger partial charge in [-0.3, -0.25) is 15.5 Å². The van der Waals surface area contributed by atoms with Crippen LogP contribution >= 0.6 is 0 Å². The van der Waals surface area contributed by atoms with E-state index in [2.05, 4.69) is 10.5 Å². The molecule has 0 aliphatic carbocycles. The molecule has 1 aliphatic heterocycles. The third-order valence-corrected chi connectivity index (χ3v) is 6.84. The number of methoxy groups -OCH3 is 2. The molecule has 0 unspecified atom stereocenters. The second-order valence-electron chi connectivity index (χ2n) is 6.83. The fourth-order valence-electron chi connectivity index (χ4n) is 3.16. The van der Waals surface area contributed by atoms with E-state index < -0.39 is 14.9 Å². The first-order valence-electron chi connectivity index (χ1n) is 9.67. The number of hydrazone groups is 1. The maximum absolute atomic E-state index is 13.2. The maximum atomic E-state index is 13.2. The zero-order valence-corrected chi connectivity index (χ0v) is 18.7. The van der Waals surface area contributed by atoms with E-state index in [0.717, 1.165) is 6.07 Å². The van der Waals surface area contributed by atoms with Crippen LogP contribution < -0.4 is 14.9 Å². The summed E-state index contributed by atoms with van der Waals surface area (Å²) in [6, 6.07) is 8.80. The average molecular weight is 465 g/mol. The summed E-state index contributed by atoms with van der Waals surface area (Å²) in [5.41, 5.74) is 3.71. The molecule has 1 saturated heterocycles. The van der Waals surface area contributed by atoms with Crippen molar-refractivity contribution in [2.75, 3.05) is 45.9 Å². The minimum atomic E-state index is -4.01. The van der Waals surface area contributed by atoms with Crippen molar-refractivity contribution in [1.29, 1.82) is 0 Å². The summed E-state index contributed by atoms with van der Waals surface area (Å²) in [5.74, 6) is 1.14. The number of nitrogens with one attached hydrogen (secondary N) is 1. The van der Waals surface area contributed by atoms with Crippen molar-refractivity contribution in [3.63, 3.8) is 0 Å². The van der Waals surface area contributed by atoms with Crippen molar-refractivity contribution in [2.45, 2.75) is 11.8 Å². The lowest BCUT2D eigenvalue weighted by Gasteiger charge is -2.26. The molecule has 12 heteroatoms. The van der Waals surface area contributed by atoms with Crippen LogP contribution in [0, 0.1) is 10.1 Å². The molecule has 0 atom stereocenters. The van der Waals surface area contributed by atoms with Crippen LogP contribution in [0.1, 0.15) is 12.5 Å². The normalized spacial score (nSPS) is 15.3. The summed E-state index contributed by atoms with van der Waals surface area (Å²) >= 11 is 0. The number of ether oxygens (including phenoxy) is 3. The smallest absolute Gasteiger partial charge is 0.270 e. The number of nitro groups is 1. The Hall–Kier alpha value is -3.22. The van der Waals surface area contributed by atoms with Gasteiger partial charge >= 0.3 is 0 Å². The molecule has 2 aromatic carbocycles. The number of morpholine rings is 1. The Morgan fingerprint density at radius 1 is 1.16 bits per heavy atom. The zero-order chi connectivity index (χ0) is 23.3. The van der Waals surface area contributed by atoms with Crippen LogP contribution in [0.4, 0.5) is 11.4 Å². The van der Waals surface area contributed by atoms with E-state index in [0.29, 0.717) is 22.8 Å². The minimum Gasteiger partial charge on any atom is -0.497 e. The molecule has 1 aliphatic rings. The summed E-state index contributed by atoms with van der Waals surface area (Å²) in [7, 11) is -0.947. The number of sulfonamides is 1. The molecule has 2 aromatic rings. The molecule has 1 fully saturated rings. The molecule has 11 nitrogen and oxygen atoms in total. The highest BCUT2D eigenvalue weighted by Gasteiger charge is 2.30. The van der Waals surface area contributed by atoms with Gasteiger partial charge in [0.2, 0.25) is 10.0 Å². The fourth-order valence-corrected chi connectivity index (χ4v) is 4.73. The number of benzene rings is 2. The van der Waals surface area contributed by atoms with E-state index in [1.165, 1.54) is 23.5 Å². The Bertz CT molecular complexity index is 1130. The molecule has 0 radical (unpaired) electrons. The van der Waals surface area contributed by atoms with Crippen molar-refractivity contribution < 1.29 is 27.6 Å². The van der Waals surface area contributed by atoms with E-state index in [9.17, 15) is 18.5 Å². The molecular formula is C20H24N4O7S. The molecule has 1 N–H and O–H groups in total. The molecule has 0 spiro atoms. The summed E-state index contributed by atoms with van der Waals surface area (Å²) in [4.78, 5) is 10.4. The van der Waals surface area contributed by atoms with Gasteiger partial charge in [-0.25, -0.2) is 8.42 Å². The Kier molecular flexibility index (Phi) is 7.28. The number of non-ortho nitro benzene ring substituents is 1. The molecular weight excluding hydrogens is 440 g/mol. The lowest BCUT2D eigenvalue weighted by atomic mass is 10.1. The molecule has 172 valence electrons. The fraction of sp³-hybridized carbons (Fsp3) is 0.350. The zero-order valence-electron chi connectivity index (χ0n) is 17.9.